The quantitative estimate of drug-likeness (QED) is 0.303. The molecule has 0 aliphatic heterocycles. The molecule has 2 aromatic heterocycles. The van der Waals surface area contributed by atoms with E-state index in [1.54, 1.807) is 37.5 Å². The van der Waals surface area contributed by atoms with E-state index in [4.69, 9.17) is 19.2 Å². The molecule has 194 valence electrons. The molecule has 0 fully saturated rings. The average Bonchev–Trinajstić information content (AvgIpc) is 3.38. The number of fused-ring (bicyclic) bond motifs is 1. The van der Waals surface area contributed by atoms with E-state index in [0.29, 0.717) is 35.6 Å². The zero-order valence-electron chi connectivity index (χ0n) is 21.8. The van der Waals surface area contributed by atoms with Gasteiger partial charge in [-0.15, -0.1) is 0 Å². The third-order valence-corrected chi connectivity index (χ3v) is 5.68. The monoisotopic (exact) mass is 504 g/mol. The Hall–Kier alpha value is -4.18. The van der Waals surface area contributed by atoms with Gasteiger partial charge >= 0.3 is 5.97 Å². The van der Waals surface area contributed by atoms with Crippen molar-refractivity contribution in [2.75, 3.05) is 32.2 Å². The third-order valence-electron chi connectivity index (χ3n) is 5.68. The van der Waals surface area contributed by atoms with Crippen LogP contribution in [0, 0.1) is 0 Å². The molecule has 0 amide bonds. The smallest absolute Gasteiger partial charge is 0.303 e. The minimum absolute atomic E-state index is 0.108. The fraction of sp³-hybridized carbons (Fsp3) is 0.333. The first kappa shape index (κ1) is 25.9. The number of benzene rings is 2. The van der Waals surface area contributed by atoms with Gasteiger partial charge in [0.05, 0.1) is 37.1 Å². The Labute approximate surface area is 216 Å². The topological polar surface area (TPSA) is 104 Å². The normalized spacial score (nSPS) is 11.1. The van der Waals surface area contributed by atoms with E-state index in [-0.39, 0.29) is 12.6 Å². The van der Waals surface area contributed by atoms with Gasteiger partial charge in [-0.2, -0.15) is 0 Å². The number of nitrogens with zero attached hydrogens (tertiary/aromatic N) is 5. The Balaban J connectivity index is 1.69. The first-order valence-corrected chi connectivity index (χ1v) is 12.0. The number of carbonyl (C=O) groups is 1. The van der Waals surface area contributed by atoms with Crippen LogP contribution in [0.5, 0.6) is 11.5 Å². The van der Waals surface area contributed by atoms with Gasteiger partial charge in [-0.25, -0.2) is 9.97 Å². The number of aromatic nitrogens is 4. The van der Waals surface area contributed by atoms with Gasteiger partial charge in [-0.3, -0.25) is 14.3 Å². The number of hydrogen-bond donors (Lipinski definition) is 1. The van der Waals surface area contributed by atoms with Gasteiger partial charge in [0.2, 0.25) is 0 Å². The summed E-state index contributed by atoms with van der Waals surface area (Å²) in [6.07, 6.45) is 5.09. The summed E-state index contributed by atoms with van der Waals surface area (Å²) in [5, 5.41) is 3.49. The van der Waals surface area contributed by atoms with Crippen molar-refractivity contribution in [2.24, 2.45) is 0 Å². The second-order valence-corrected chi connectivity index (χ2v) is 8.79. The molecule has 0 unspecified atom stereocenters. The van der Waals surface area contributed by atoms with E-state index in [2.05, 4.69) is 34.0 Å². The van der Waals surface area contributed by atoms with Gasteiger partial charge in [-0.1, -0.05) is 13.8 Å². The summed E-state index contributed by atoms with van der Waals surface area (Å²) in [4.78, 5) is 27.0. The van der Waals surface area contributed by atoms with Crippen molar-refractivity contribution in [3.63, 3.8) is 0 Å². The standard InChI is InChI=1S/C27H32N6O4/c1-18(2)28-8-9-33(22-10-23(35-4)13-24(11-22)36-5)21-6-7-25-26(12-21)31-27(14-29-25)32-15-20(30-17-32)16-37-19(3)34/h6-7,10-15,17-18,28H,8-9,16H2,1-5H3. The minimum atomic E-state index is -0.352. The van der Waals surface area contributed by atoms with Gasteiger partial charge in [0.25, 0.3) is 0 Å². The zero-order chi connectivity index (χ0) is 26.4. The number of carbonyl (C=O) groups excluding carboxylic acids is 1. The van der Waals surface area contributed by atoms with Crippen LogP contribution < -0.4 is 19.7 Å². The lowest BCUT2D eigenvalue weighted by Gasteiger charge is -2.27. The van der Waals surface area contributed by atoms with Crippen molar-refractivity contribution in [2.45, 2.75) is 33.4 Å². The molecule has 2 heterocycles. The molecule has 10 heteroatoms. The molecular formula is C27H32N6O4. The Morgan fingerprint density at radius 1 is 1.03 bits per heavy atom. The fourth-order valence-electron chi connectivity index (χ4n) is 3.84. The van der Waals surface area contributed by atoms with Crippen molar-refractivity contribution in [3.05, 3.63) is 60.8 Å². The Morgan fingerprint density at radius 3 is 2.46 bits per heavy atom. The first-order valence-electron chi connectivity index (χ1n) is 12.0. The largest absolute Gasteiger partial charge is 0.497 e. The van der Waals surface area contributed by atoms with E-state index in [1.165, 1.54) is 6.92 Å². The molecule has 0 saturated carbocycles. The number of hydrogen-bond acceptors (Lipinski definition) is 9. The van der Waals surface area contributed by atoms with Crippen molar-refractivity contribution >= 4 is 28.4 Å². The summed E-state index contributed by atoms with van der Waals surface area (Å²) in [5.41, 5.74) is 4.04. The molecule has 0 aliphatic carbocycles. The minimum Gasteiger partial charge on any atom is -0.497 e. The molecular weight excluding hydrogens is 472 g/mol. The van der Waals surface area contributed by atoms with Crippen molar-refractivity contribution in [1.29, 1.82) is 0 Å². The molecule has 0 radical (unpaired) electrons. The molecule has 0 spiro atoms. The highest BCUT2D eigenvalue weighted by Crippen LogP contribution is 2.33. The van der Waals surface area contributed by atoms with Crippen molar-refractivity contribution < 1.29 is 19.0 Å². The molecule has 2 aromatic carbocycles. The van der Waals surface area contributed by atoms with Crippen LogP contribution in [0.2, 0.25) is 0 Å². The summed E-state index contributed by atoms with van der Waals surface area (Å²) in [5.74, 6) is 1.68. The summed E-state index contributed by atoms with van der Waals surface area (Å²) in [6.45, 7) is 7.22. The number of methoxy groups -OCH3 is 2. The molecule has 1 N–H and O–H groups in total. The van der Waals surface area contributed by atoms with E-state index in [0.717, 1.165) is 29.0 Å². The SMILES string of the molecule is COc1cc(OC)cc(N(CCNC(C)C)c2ccc3ncc(-n4cnc(COC(C)=O)c4)nc3c2)c1. The lowest BCUT2D eigenvalue weighted by Crippen LogP contribution is -2.32. The highest BCUT2D eigenvalue weighted by molar-refractivity contribution is 5.81. The maximum atomic E-state index is 11.1. The summed E-state index contributed by atoms with van der Waals surface area (Å²) < 4.78 is 17.8. The molecule has 4 rings (SSSR count). The van der Waals surface area contributed by atoms with Crippen molar-refractivity contribution in [3.8, 4) is 17.3 Å². The highest BCUT2D eigenvalue weighted by Gasteiger charge is 2.15. The summed E-state index contributed by atoms with van der Waals surface area (Å²) >= 11 is 0. The molecule has 10 nitrogen and oxygen atoms in total. The van der Waals surface area contributed by atoms with Crippen molar-refractivity contribution in [1.82, 2.24) is 24.8 Å². The Morgan fingerprint density at radius 2 is 1.78 bits per heavy atom. The van der Waals surface area contributed by atoms with Crippen LogP contribution in [0.1, 0.15) is 26.5 Å². The van der Waals surface area contributed by atoms with E-state index < -0.39 is 0 Å². The number of esters is 1. The van der Waals surface area contributed by atoms with Crippen LogP contribution in [-0.2, 0) is 16.1 Å². The lowest BCUT2D eigenvalue weighted by molar-refractivity contribution is -0.142. The van der Waals surface area contributed by atoms with Crippen LogP contribution in [-0.4, -0.2) is 58.8 Å². The van der Waals surface area contributed by atoms with Gasteiger partial charge in [0.1, 0.15) is 24.4 Å². The number of imidazole rings is 1. The zero-order valence-corrected chi connectivity index (χ0v) is 21.8. The number of anilines is 2. The highest BCUT2D eigenvalue weighted by atomic mass is 16.5. The second kappa shape index (κ2) is 11.7. The third kappa shape index (κ3) is 6.53. The van der Waals surface area contributed by atoms with E-state index in [9.17, 15) is 4.79 Å². The maximum absolute atomic E-state index is 11.1. The lowest BCUT2D eigenvalue weighted by atomic mass is 10.2. The van der Waals surface area contributed by atoms with Gasteiger partial charge in [-0.05, 0) is 18.2 Å². The van der Waals surface area contributed by atoms with Crippen LogP contribution >= 0.6 is 0 Å². The number of rotatable bonds is 11. The predicted molar refractivity (Wildman–Crippen MR) is 142 cm³/mol. The van der Waals surface area contributed by atoms with Crippen LogP contribution in [0.25, 0.3) is 16.9 Å². The van der Waals surface area contributed by atoms with E-state index in [1.807, 2.05) is 36.4 Å². The van der Waals surface area contributed by atoms with Crippen LogP contribution in [0.4, 0.5) is 11.4 Å². The molecule has 0 saturated heterocycles. The van der Waals surface area contributed by atoms with Gasteiger partial charge in [0, 0.05) is 61.8 Å². The maximum Gasteiger partial charge on any atom is 0.303 e. The van der Waals surface area contributed by atoms with Gasteiger partial charge in [0.15, 0.2) is 5.82 Å². The molecule has 37 heavy (non-hydrogen) atoms. The summed E-state index contributed by atoms with van der Waals surface area (Å²) in [6, 6.07) is 12.2. The summed E-state index contributed by atoms with van der Waals surface area (Å²) in [7, 11) is 3.29. The van der Waals surface area contributed by atoms with E-state index >= 15 is 0 Å². The first-order chi connectivity index (χ1) is 17.9. The average molecular weight is 505 g/mol. The molecule has 0 atom stereocenters. The molecule has 0 bridgehead atoms. The number of nitrogens with one attached hydrogen (secondary N) is 1. The molecule has 0 aliphatic rings. The van der Waals surface area contributed by atoms with Crippen LogP contribution in [0.3, 0.4) is 0 Å². The second-order valence-electron chi connectivity index (χ2n) is 8.79. The van der Waals surface area contributed by atoms with Gasteiger partial charge < -0.3 is 24.4 Å². The molecule has 4 aromatic rings. The predicted octanol–water partition coefficient (Wildman–Crippen LogP) is 4.03. The Bertz CT molecular complexity index is 1350. The fourth-order valence-corrected chi connectivity index (χ4v) is 3.84. The Kier molecular flexibility index (Phi) is 8.19. The van der Waals surface area contributed by atoms with Crippen LogP contribution in [0.15, 0.2) is 55.1 Å². The number of ether oxygens (including phenoxy) is 3.